The maximum absolute atomic E-state index is 2.26. The first-order chi connectivity index (χ1) is 8.42. The van der Waals surface area contributed by atoms with Crippen LogP contribution in [-0.4, -0.2) is 0 Å². The summed E-state index contributed by atoms with van der Waals surface area (Å²) in [7, 11) is 0. The van der Waals surface area contributed by atoms with Gasteiger partial charge in [0.1, 0.15) is 0 Å². The molecule has 0 fully saturated rings. The van der Waals surface area contributed by atoms with Gasteiger partial charge in [-0.1, -0.05) is 85.1 Å². The summed E-state index contributed by atoms with van der Waals surface area (Å²) in [5, 5.41) is 0. The van der Waals surface area contributed by atoms with Crippen molar-refractivity contribution in [3.05, 3.63) is 96.2 Å². The van der Waals surface area contributed by atoms with Gasteiger partial charge in [0.15, 0.2) is 0 Å². The molecule has 0 heterocycles. The maximum atomic E-state index is 2.26. The van der Waals surface area contributed by atoms with E-state index in [2.05, 4.69) is 85.1 Å². The first-order valence-corrected chi connectivity index (χ1v) is 5.90. The Kier molecular flexibility index (Phi) is 2.41. The maximum Gasteiger partial charge on any atom is 0.0568 e. The zero-order valence-electron chi connectivity index (χ0n) is 9.58. The van der Waals surface area contributed by atoms with Gasteiger partial charge in [-0.25, -0.2) is 0 Å². The molecule has 0 N–H and O–H groups in total. The van der Waals surface area contributed by atoms with Crippen molar-refractivity contribution in [2.45, 2.75) is 0 Å². The second kappa shape index (κ2) is 4.06. The second-order valence-electron chi connectivity index (χ2n) is 4.32. The molecule has 0 heteroatoms. The normalized spacial score (nSPS) is 35.5. The van der Waals surface area contributed by atoms with Crippen LogP contribution in [0.3, 0.4) is 0 Å². The van der Waals surface area contributed by atoms with Crippen LogP contribution < -0.4 is 0 Å². The summed E-state index contributed by atoms with van der Waals surface area (Å²) in [5.74, 6) is 0. The molecule has 0 saturated heterocycles. The Labute approximate surface area is 102 Å². The van der Waals surface area contributed by atoms with Crippen LogP contribution in [0.15, 0.2) is 96.2 Å². The summed E-state index contributed by atoms with van der Waals surface area (Å²) in [5.41, 5.74) is 2.54. The molecule has 1 atom stereocenters. The Balaban J connectivity index is 2.25. The average molecular weight is 218 g/mol. The predicted octanol–water partition coefficient (Wildman–Crippen LogP) is 4.20. The van der Waals surface area contributed by atoms with Gasteiger partial charge in [-0.3, -0.25) is 0 Å². The van der Waals surface area contributed by atoms with Crippen LogP contribution >= 0.6 is 0 Å². The van der Waals surface area contributed by atoms with E-state index >= 15 is 0 Å². The third kappa shape index (κ3) is 1.62. The molecule has 0 saturated carbocycles. The van der Waals surface area contributed by atoms with Crippen LogP contribution in [0.4, 0.5) is 0 Å². The predicted molar refractivity (Wildman–Crippen MR) is 73.4 cm³/mol. The number of allylic oxidation sites excluding steroid dienone is 16. The van der Waals surface area contributed by atoms with E-state index in [4.69, 9.17) is 0 Å². The van der Waals surface area contributed by atoms with Crippen molar-refractivity contribution < 1.29 is 0 Å². The van der Waals surface area contributed by atoms with Crippen molar-refractivity contribution >= 4 is 0 Å². The fourth-order valence-electron chi connectivity index (χ4n) is 2.45. The summed E-state index contributed by atoms with van der Waals surface area (Å²) in [6, 6.07) is 0. The van der Waals surface area contributed by atoms with Crippen LogP contribution in [0, 0.1) is 5.41 Å². The highest BCUT2D eigenvalue weighted by Crippen LogP contribution is 2.44. The third-order valence-corrected chi connectivity index (χ3v) is 3.33. The lowest BCUT2D eigenvalue weighted by molar-refractivity contribution is 0.727. The lowest BCUT2D eigenvalue weighted by Crippen LogP contribution is -2.22. The molecule has 3 rings (SSSR count). The highest BCUT2D eigenvalue weighted by Gasteiger charge is 2.32. The molecule has 0 aliphatic heterocycles. The standard InChI is InChI=1S/C17H14/c1-2-4-10-16-12-6-8-14-17(16)13-7-5-11-15(17)9-3-1/h1-14H/b3-1-,4-2-,15-9+,16-10?. The van der Waals surface area contributed by atoms with Crippen molar-refractivity contribution in [3.63, 3.8) is 0 Å². The molecule has 0 aromatic carbocycles. The van der Waals surface area contributed by atoms with Gasteiger partial charge in [-0.2, -0.15) is 0 Å². The molecule has 0 radical (unpaired) electrons. The molecular formula is C17H14. The van der Waals surface area contributed by atoms with Crippen molar-refractivity contribution in [2.75, 3.05) is 0 Å². The molecule has 1 spiro atoms. The van der Waals surface area contributed by atoms with Crippen molar-refractivity contribution in [1.29, 1.82) is 0 Å². The van der Waals surface area contributed by atoms with Crippen LogP contribution in [0.25, 0.3) is 0 Å². The second-order valence-corrected chi connectivity index (χ2v) is 4.32. The molecule has 0 bridgehead atoms. The van der Waals surface area contributed by atoms with Gasteiger partial charge in [-0.15, -0.1) is 0 Å². The van der Waals surface area contributed by atoms with Crippen LogP contribution in [0.1, 0.15) is 0 Å². The summed E-state index contributed by atoms with van der Waals surface area (Å²) in [4.78, 5) is 0. The summed E-state index contributed by atoms with van der Waals surface area (Å²) in [6.07, 6.45) is 30.0. The Bertz CT molecular complexity index is 503. The van der Waals surface area contributed by atoms with E-state index in [-0.39, 0.29) is 5.41 Å². The average Bonchev–Trinajstić information content (AvgIpc) is 2.46. The Hall–Kier alpha value is -2.08. The van der Waals surface area contributed by atoms with Crippen molar-refractivity contribution in [1.82, 2.24) is 0 Å². The van der Waals surface area contributed by atoms with Gasteiger partial charge >= 0.3 is 0 Å². The lowest BCUT2D eigenvalue weighted by atomic mass is 9.69. The zero-order valence-corrected chi connectivity index (χ0v) is 9.58. The SMILES string of the molecule is C1=CC2=C\C=C/C=C\C=C3/C=CC=CC23C=C1. The Morgan fingerprint density at radius 3 is 1.59 bits per heavy atom. The van der Waals surface area contributed by atoms with Gasteiger partial charge < -0.3 is 0 Å². The number of rotatable bonds is 0. The third-order valence-electron chi connectivity index (χ3n) is 3.33. The van der Waals surface area contributed by atoms with E-state index in [1.165, 1.54) is 11.1 Å². The van der Waals surface area contributed by atoms with Gasteiger partial charge in [0.05, 0.1) is 5.41 Å². The highest BCUT2D eigenvalue weighted by atomic mass is 14.3. The van der Waals surface area contributed by atoms with E-state index in [0.717, 1.165) is 0 Å². The Morgan fingerprint density at radius 2 is 1.06 bits per heavy atom. The molecular weight excluding hydrogens is 204 g/mol. The lowest BCUT2D eigenvalue weighted by Gasteiger charge is -2.33. The highest BCUT2D eigenvalue weighted by molar-refractivity contribution is 5.58. The number of hydrogen-bond donors (Lipinski definition) is 0. The zero-order chi connectivity index (χ0) is 11.6. The summed E-state index contributed by atoms with van der Waals surface area (Å²) in [6.45, 7) is 0. The van der Waals surface area contributed by atoms with E-state index in [1.54, 1.807) is 0 Å². The minimum atomic E-state index is -0.0808. The monoisotopic (exact) mass is 218 g/mol. The molecule has 17 heavy (non-hydrogen) atoms. The summed E-state index contributed by atoms with van der Waals surface area (Å²) >= 11 is 0. The molecule has 0 aromatic heterocycles. The summed E-state index contributed by atoms with van der Waals surface area (Å²) < 4.78 is 0. The van der Waals surface area contributed by atoms with Gasteiger partial charge in [0.2, 0.25) is 0 Å². The van der Waals surface area contributed by atoms with E-state index in [0.29, 0.717) is 0 Å². The Morgan fingerprint density at radius 1 is 0.529 bits per heavy atom. The molecule has 1 unspecified atom stereocenters. The molecule has 0 amide bonds. The van der Waals surface area contributed by atoms with Gasteiger partial charge in [0.25, 0.3) is 0 Å². The molecule has 0 aromatic rings. The van der Waals surface area contributed by atoms with Crippen LogP contribution in [0.2, 0.25) is 0 Å². The minimum absolute atomic E-state index is 0.0808. The van der Waals surface area contributed by atoms with Crippen molar-refractivity contribution in [2.24, 2.45) is 5.41 Å². The molecule has 3 aliphatic rings. The minimum Gasteiger partial charge on any atom is -0.0658 e. The van der Waals surface area contributed by atoms with Crippen LogP contribution in [-0.2, 0) is 0 Å². The van der Waals surface area contributed by atoms with Crippen molar-refractivity contribution in [3.8, 4) is 0 Å². The fraction of sp³-hybridized carbons (Fsp3) is 0.0588. The largest absolute Gasteiger partial charge is 0.0658 e. The molecule has 3 aliphatic carbocycles. The molecule has 0 nitrogen and oxygen atoms in total. The number of hydrogen-bond acceptors (Lipinski definition) is 0. The van der Waals surface area contributed by atoms with E-state index < -0.39 is 0 Å². The van der Waals surface area contributed by atoms with Crippen LogP contribution in [0.5, 0.6) is 0 Å². The first-order valence-electron chi connectivity index (χ1n) is 5.90. The van der Waals surface area contributed by atoms with Gasteiger partial charge in [-0.05, 0) is 11.1 Å². The van der Waals surface area contributed by atoms with Gasteiger partial charge in [0, 0.05) is 0 Å². The quantitative estimate of drug-likeness (QED) is 0.571. The first kappa shape index (κ1) is 10.1. The van der Waals surface area contributed by atoms with E-state index in [1.807, 2.05) is 0 Å². The van der Waals surface area contributed by atoms with E-state index in [9.17, 15) is 0 Å². The molecule has 82 valence electrons. The fourth-order valence-corrected chi connectivity index (χ4v) is 2.45. The topological polar surface area (TPSA) is 0 Å². The smallest absolute Gasteiger partial charge is 0.0568 e.